The molecule has 0 saturated heterocycles. The number of aryl methyl sites for hydroxylation is 1. The minimum absolute atomic E-state index is 0.0185. The van der Waals surface area contributed by atoms with Gasteiger partial charge in [0.25, 0.3) is 0 Å². The van der Waals surface area contributed by atoms with E-state index < -0.39 is 17.8 Å². The first-order valence-corrected chi connectivity index (χ1v) is 6.34. The zero-order chi connectivity index (χ0) is 15.8. The number of aromatic nitrogens is 1. The molecule has 1 aromatic heterocycles. The molecular formula is C14H11ClF3NO2. The number of methoxy groups -OCH3 is 1. The second-order valence-electron chi connectivity index (χ2n) is 4.55. The molecule has 0 unspecified atom stereocenters. The maximum absolute atomic E-state index is 12.7. The van der Waals surface area contributed by atoms with Crippen LogP contribution in [0, 0.1) is 6.92 Å². The third-order valence-electron chi connectivity index (χ3n) is 2.98. The van der Waals surface area contributed by atoms with Crippen LogP contribution in [0.1, 0.15) is 16.8 Å². The van der Waals surface area contributed by atoms with Crippen LogP contribution in [0.5, 0.6) is 0 Å². The Bertz CT molecular complexity index is 713. The lowest BCUT2D eigenvalue weighted by Gasteiger charge is -2.11. The molecule has 0 bridgehead atoms. The lowest BCUT2D eigenvalue weighted by Crippen LogP contribution is -2.09. The fraction of sp³-hybridized carbons (Fsp3) is 0.286. The Kier molecular flexibility index (Phi) is 4.09. The van der Waals surface area contributed by atoms with Crippen molar-refractivity contribution < 1.29 is 22.7 Å². The van der Waals surface area contributed by atoms with Crippen LogP contribution in [0.2, 0.25) is 5.02 Å². The molecule has 2 aromatic rings. The predicted octanol–water partition coefficient (Wildman–Crippen LogP) is 3.93. The number of alkyl halides is 3. The number of hydrogen-bond donors (Lipinski definition) is 0. The summed E-state index contributed by atoms with van der Waals surface area (Å²) >= 11 is 5.93. The maximum Gasteiger partial charge on any atom is 0.433 e. The van der Waals surface area contributed by atoms with Gasteiger partial charge in [0.2, 0.25) is 0 Å². The van der Waals surface area contributed by atoms with E-state index in [1.807, 2.05) is 0 Å². The predicted molar refractivity (Wildman–Crippen MR) is 72.2 cm³/mol. The number of carbonyl (C=O) groups excluding carboxylic acids is 1. The highest BCUT2D eigenvalue weighted by atomic mass is 35.5. The Morgan fingerprint density at radius 1 is 1.33 bits per heavy atom. The van der Waals surface area contributed by atoms with Crippen LogP contribution in [0.25, 0.3) is 10.9 Å². The SMILES string of the molecule is COC(=O)Cc1cc(C)c2nc(C(F)(F)F)cc(Cl)c2c1. The molecule has 112 valence electrons. The van der Waals surface area contributed by atoms with Gasteiger partial charge in [-0.1, -0.05) is 17.7 Å². The van der Waals surface area contributed by atoms with Gasteiger partial charge in [-0.15, -0.1) is 0 Å². The van der Waals surface area contributed by atoms with Crippen LogP contribution in [-0.2, 0) is 22.1 Å². The van der Waals surface area contributed by atoms with E-state index in [0.717, 1.165) is 6.07 Å². The molecule has 0 aliphatic carbocycles. The third-order valence-corrected chi connectivity index (χ3v) is 3.29. The molecule has 0 amide bonds. The summed E-state index contributed by atoms with van der Waals surface area (Å²) in [4.78, 5) is 14.9. The Hall–Kier alpha value is -1.82. The molecule has 0 N–H and O–H groups in total. The highest BCUT2D eigenvalue weighted by molar-refractivity contribution is 6.35. The van der Waals surface area contributed by atoms with Gasteiger partial charge >= 0.3 is 12.1 Å². The highest BCUT2D eigenvalue weighted by Gasteiger charge is 2.33. The lowest BCUT2D eigenvalue weighted by atomic mass is 10.0. The average molecular weight is 318 g/mol. The van der Waals surface area contributed by atoms with Gasteiger partial charge in [0.1, 0.15) is 5.69 Å². The zero-order valence-electron chi connectivity index (χ0n) is 11.2. The van der Waals surface area contributed by atoms with E-state index >= 15 is 0 Å². The number of nitrogens with zero attached hydrogens (tertiary/aromatic N) is 1. The third kappa shape index (κ3) is 3.26. The van der Waals surface area contributed by atoms with E-state index in [1.54, 1.807) is 19.1 Å². The molecule has 0 radical (unpaired) electrons. The lowest BCUT2D eigenvalue weighted by molar-refractivity contribution is -0.141. The number of halogens is 4. The molecule has 0 aliphatic rings. The largest absolute Gasteiger partial charge is 0.469 e. The van der Waals surface area contributed by atoms with Crippen molar-refractivity contribution in [2.45, 2.75) is 19.5 Å². The van der Waals surface area contributed by atoms with E-state index in [2.05, 4.69) is 9.72 Å². The van der Waals surface area contributed by atoms with Gasteiger partial charge in [-0.2, -0.15) is 13.2 Å². The van der Waals surface area contributed by atoms with E-state index in [4.69, 9.17) is 11.6 Å². The minimum Gasteiger partial charge on any atom is -0.469 e. The second kappa shape index (κ2) is 5.52. The normalized spacial score (nSPS) is 11.7. The molecule has 7 heteroatoms. The summed E-state index contributed by atoms with van der Waals surface area (Å²) in [5.74, 6) is -0.440. The van der Waals surface area contributed by atoms with E-state index in [9.17, 15) is 18.0 Å². The number of benzene rings is 1. The van der Waals surface area contributed by atoms with E-state index in [1.165, 1.54) is 7.11 Å². The van der Waals surface area contributed by atoms with Crippen LogP contribution in [0.3, 0.4) is 0 Å². The topological polar surface area (TPSA) is 39.2 Å². The van der Waals surface area contributed by atoms with E-state index in [-0.39, 0.29) is 17.0 Å². The van der Waals surface area contributed by atoms with Gasteiger partial charge in [-0.3, -0.25) is 4.79 Å². The second-order valence-corrected chi connectivity index (χ2v) is 4.96. The van der Waals surface area contributed by atoms with Crippen molar-refractivity contribution in [3.63, 3.8) is 0 Å². The summed E-state index contributed by atoms with van der Waals surface area (Å²) in [5, 5.41) is 0.325. The molecule has 0 spiro atoms. The fourth-order valence-electron chi connectivity index (χ4n) is 2.02. The molecule has 0 saturated carbocycles. The summed E-state index contributed by atoms with van der Waals surface area (Å²) in [6.07, 6.45) is -4.54. The summed E-state index contributed by atoms with van der Waals surface area (Å²) in [7, 11) is 1.26. The average Bonchev–Trinajstić information content (AvgIpc) is 2.38. The van der Waals surface area contributed by atoms with Crippen molar-refractivity contribution in [3.05, 3.63) is 40.0 Å². The first-order valence-electron chi connectivity index (χ1n) is 5.96. The number of esters is 1. The molecule has 3 nitrogen and oxygen atoms in total. The summed E-state index contributed by atoms with van der Waals surface area (Å²) in [6, 6.07) is 3.93. The number of hydrogen-bond acceptors (Lipinski definition) is 3. The number of fused-ring (bicyclic) bond motifs is 1. The maximum atomic E-state index is 12.7. The standard InChI is InChI=1S/C14H11ClF3NO2/c1-7-3-8(5-12(20)21-2)4-9-10(15)6-11(14(16,17)18)19-13(7)9/h3-4,6H,5H2,1-2H3. The van der Waals surface area contributed by atoms with Crippen LogP contribution >= 0.6 is 11.6 Å². The first-order chi connectivity index (χ1) is 9.72. The molecule has 1 aromatic carbocycles. The van der Waals surface area contributed by atoms with Crippen molar-refractivity contribution in [1.29, 1.82) is 0 Å². The van der Waals surface area contributed by atoms with Gasteiger partial charge < -0.3 is 4.74 Å². The highest BCUT2D eigenvalue weighted by Crippen LogP contribution is 2.34. The quantitative estimate of drug-likeness (QED) is 0.788. The summed E-state index contributed by atoms with van der Waals surface area (Å²) < 4.78 is 42.8. The van der Waals surface area contributed by atoms with Gasteiger partial charge in [-0.25, -0.2) is 4.98 Å². The molecule has 0 aliphatic heterocycles. The minimum atomic E-state index is -4.56. The Balaban J connectivity index is 2.61. The number of pyridine rings is 1. The monoisotopic (exact) mass is 317 g/mol. The van der Waals surface area contributed by atoms with Crippen molar-refractivity contribution in [3.8, 4) is 0 Å². The van der Waals surface area contributed by atoms with Crippen LogP contribution in [0.4, 0.5) is 13.2 Å². The Morgan fingerprint density at radius 2 is 2.00 bits per heavy atom. The molecule has 1 heterocycles. The van der Waals surface area contributed by atoms with Gasteiger partial charge in [0.05, 0.1) is 24.1 Å². The van der Waals surface area contributed by atoms with Crippen LogP contribution < -0.4 is 0 Å². The molecular weight excluding hydrogens is 307 g/mol. The van der Waals surface area contributed by atoms with Crippen LogP contribution in [0.15, 0.2) is 18.2 Å². The van der Waals surface area contributed by atoms with Crippen molar-refractivity contribution in [2.75, 3.05) is 7.11 Å². The van der Waals surface area contributed by atoms with Crippen molar-refractivity contribution in [2.24, 2.45) is 0 Å². The number of carbonyl (C=O) groups is 1. The summed E-state index contributed by atoms with van der Waals surface area (Å²) in [6.45, 7) is 1.62. The van der Waals surface area contributed by atoms with Crippen molar-refractivity contribution >= 4 is 28.5 Å². The summed E-state index contributed by atoms with van der Waals surface area (Å²) in [5.41, 5.74) is 0.252. The Labute approximate surface area is 123 Å². The van der Waals surface area contributed by atoms with Crippen LogP contribution in [-0.4, -0.2) is 18.1 Å². The zero-order valence-corrected chi connectivity index (χ0v) is 12.0. The molecule has 0 fully saturated rings. The first kappa shape index (κ1) is 15.6. The fourth-order valence-corrected chi connectivity index (χ4v) is 2.27. The molecule has 21 heavy (non-hydrogen) atoms. The van der Waals surface area contributed by atoms with E-state index in [0.29, 0.717) is 16.5 Å². The molecule has 0 atom stereocenters. The number of ether oxygens (including phenoxy) is 1. The molecule has 2 rings (SSSR count). The van der Waals surface area contributed by atoms with Crippen molar-refractivity contribution in [1.82, 2.24) is 4.98 Å². The number of rotatable bonds is 2. The van der Waals surface area contributed by atoms with Gasteiger partial charge in [0, 0.05) is 5.39 Å². The van der Waals surface area contributed by atoms with Gasteiger partial charge in [-0.05, 0) is 30.2 Å². The van der Waals surface area contributed by atoms with Gasteiger partial charge in [0.15, 0.2) is 0 Å². The smallest absolute Gasteiger partial charge is 0.433 e. The Morgan fingerprint density at radius 3 is 2.57 bits per heavy atom.